The molecule has 2 aromatic rings. The van der Waals surface area contributed by atoms with Gasteiger partial charge in [-0.15, -0.1) is 0 Å². The van der Waals surface area contributed by atoms with E-state index in [4.69, 9.17) is 5.14 Å². The van der Waals surface area contributed by atoms with Crippen LogP contribution in [0.15, 0.2) is 29.2 Å². The molecule has 0 saturated heterocycles. The van der Waals surface area contributed by atoms with Gasteiger partial charge in [0.15, 0.2) is 0 Å². The van der Waals surface area contributed by atoms with Crippen molar-refractivity contribution >= 4 is 15.7 Å². The molecule has 0 spiro atoms. The number of aryl methyl sites for hydroxylation is 4. The molecule has 3 N–H and O–H groups in total. The molecule has 1 aromatic carbocycles. The second-order valence-corrected chi connectivity index (χ2v) is 7.06. The molecule has 0 radical (unpaired) electrons. The fourth-order valence-corrected chi connectivity index (χ4v) is 3.23. The van der Waals surface area contributed by atoms with E-state index in [1.54, 1.807) is 13.0 Å². The van der Waals surface area contributed by atoms with E-state index in [1.165, 1.54) is 0 Å². The molecule has 1 aromatic heterocycles. The van der Waals surface area contributed by atoms with E-state index >= 15 is 0 Å². The summed E-state index contributed by atoms with van der Waals surface area (Å²) < 4.78 is 23.0. The van der Waals surface area contributed by atoms with Gasteiger partial charge in [-0.25, -0.2) is 13.6 Å². The average Bonchev–Trinajstić information content (AvgIpc) is 2.39. The van der Waals surface area contributed by atoms with Gasteiger partial charge in [0.25, 0.3) is 0 Å². The summed E-state index contributed by atoms with van der Waals surface area (Å²) in [6.45, 7) is 8.17. The first-order valence-corrected chi connectivity index (χ1v) is 8.54. The van der Waals surface area contributed by atoms with Crippen molar-refractivity contribution in [3.63, 3.8) is 0 Å². The molecule has 0 aliphatic heterocycles. The number of nitrogens with two attached hydrogens (primary N) is 1. The van der Waals surface area contributed by atoms with Crippen molar-refractivity contribution in [2.75, 3.05) is 5.32 Å². The van der Waals surface area contributed by atoms with Crippen LogP contribution in [0.2, 0.25) is 0 Å². The highest BCUT2D eigenvalue weighted by molar-refractivity contribution is 7.89. The zero-order chi connectivity index (χ0) is 16.5. The minimum atomic E-state index is -3.69. The normalized spacial score (nSPS) is 11.5. The summed E-state index contributed by atoms with van der Waals surface area (Å²) in [6, 6.07) is 7.44. The largest absolute Gasteiger partial charge is 0.381 e. The predicted octanol–water partition coefficient (Wildman–Crippen LogP) is 2.57. The van der Waals surface area contributed by atoms with E-state index in [0.717, 1.165) is 28.2 Å². The molecule has 0 unspecified atom stereocenters. The van der Waals surface area contributed by atoms with Crippen LogP contribution in [0, 0.1) is 27.7 Å². The third-order valence-corrected chi connectivity index (χ3v) is 4.69. The molecule has 0 atom stereocenters. The fraction of sp³-hybridized carbons (Fsp3) is 0.312. The van der Waals surface area contributed by atoms with Crippen molar-refractivity contribution in [2.45, 2.75) is 39.1 Å². The highest BCUT2D eigenvalue weighted by Gasteiger charge is 2.14. The van der Waals surface area contributed by atoms with Gasteiger partial charge >= 0.3 is 0 Å². The summed E-state index contributed by atoms with van der Waals surface area (Å²) in [6.07, 6.45) is 0. The second-order valence-electron chi connectivity index (χ2n) is 5.53. The van der Waals surface area contributed by atoms with Crippen LogP contribution >= 0.6 is 0 Å². The molecule has 5 nitrogen and oxygen atoms in total. The zero-order valence-electron chi connectivity index (χ0n) is 13.3. The first-order chi connectivity index (χ1) is 10.2. The smallest absolute Gasteiger partial charge is 0.238 e. The van der Waals surface area contributed by atoms with Crippen molar-refractivity contribution in [3.8, 4) is 0 Å². The number of pyridine rings is 1. The summed E-state index contributed by atoms with van der Waals surface area (Å²) in [5.41, 5.74) is 5.46. The highest BCUT2D eigenvalue weighted by atomic mass is 32.2. The lowest BCUT2D eigenvalue weighted by Gasteiger charge is -2.14. The van der Waals surface area contributed by atoms with Crippen LogP contribution in [-0.2, 0) is 16.6 Å². The number of rotatable bonds is 4. The molecule has 118 valence electrons. The number of aromatic nitrogens is 1. The minimum absolute atomic E-state index is 0.170. The molecule has 0 aliphatic rings. The molecule has 22 heavy (non-hydrogen) atoms. The van der Waals surface area contributed by atoms with E-state index in [2.05, 4.69) is 10.3 Å². The number of primary sulfonamides is 1. The predicted molar refractivity (Wildman–Crippen MR) is 88.3 cm³/mol. The van der Waals surface area contributed by atoms with E-state index in [0.29, 0.717) is 12.1 Å². The molecule has 0 aliphatic carbocycles. The third kappa shape index (κ3) is 3.64. The number of nitrogens with one attached hydrogen (secondary N) is 1. The lowest BCUT2D eigenvalue weighted by molar-refractivity contribution is 0.597. The lowest BCUT2D eigenvalue weighted by Crippen LogP contribution is -2.14. The average molecular weight is 319 g/mol. The Morgan fingerprint density at radius 3 is 2.36 bits per heavy atom. The minimum Gasteiger partial charge on any atom is -0.381 e. The van der Waals surface area contributed by atoms with Crippen molar-refractivity contribution < 1.29 is 8.42 Å². The first-order valence-electron chi connectivity index (χ1n) is 6.99. The summed E-state index contributed by atoms with van der Waals surface area (Å²) in [7, 11) is -3.69. The molecule has 0 saturated carbocycles. The number of hydrogen-bond acceptors (Lipinski definition) is 4. The Kier molecular flexibility index (Phi) is 4.53. The molecular formula is C16H21N3O2S. The second kappa shape index (κ2) is 6.06. The van der Waals surface area contributed by atoms with Gasteiger partial charge < -0.3 is 5.32 Å². The van der Waals surface area contributed by atoms with Crippen LogP contribution in [-0.4, -0.2) is 13.4 Å². The Bertz CT molecular complexity index is 814. The number of benzene rings is 1. The van der Waals surface area contributed by atoms with Gasteiger partial charge in [0.1, 0.15) is 0 Å². The van der Waals surface area contributed by atoms with Gasteiger partial charge in [0.2, 0.25) is 10.0 Å². The molecular weight excluding hydrogens is 298 g/mol. The quantitative estimate of drug-likeness (QED) is 0.907. The first kappa shape index (κ1) is 16.5. The number of sulfonamides is 1. The van der Waals surface area contributed by atoms with Gasteiger partial charge in [-0.2, -0.15) is 0 Å². The molecule has 0 bridgehead atoms. The Labute approximate surface area is 131 Å². The SMILES string of the molecule is Cc1ccc(CNc2cc(C)c(S(N)(=O)=O)cc2C)c(C)n1. The van der Waals surface area contributed by atoms with E-state index in [9.17, 15) is 8.42 Å². The number of anilines is 1. The van der Waals surface area contributed by atoms with Crippen LogP contribution in [0.25, 0.3) is 0 Å². The Morgan fingerprint density at radius 1 is 1.09 bits per heavy atom. The molecule has 0 amide bonds. The molecule has 6 heteroatoms. The maximum Gasteiger partial charge on any atom is 0.238 e. The van der Waals surface area contributed by atoms with Gasteiger partial charge in [0.05, 0.1) is 4.90 Å². The Balaban J connectivity index is 2.26. The van der Waals surface area contributed by atoms with Crippen molar-refractivity contribution in [2.24, 2.45) is 5.14 Å². The van der Waals surface area contributed by atoms with E-state index < -0.39 is 10.0 Å². The third-order valence-electron chi connectivity index (χ3n) is 3.63. The van der Waals surface area contributed by atoms with Crippen molar-refractivity contribution in [1.82, 2.24) is 4.98 Å². The summed E-state index contributed by atoms with van der Waals surface area (Å²) in [5.74, 6) is 0. The highest BCUT2D eigenvalue weighted by Crippen LogP contribution is 2.24. The number of nitrogens with zero attached hydrogens (tertiary/aromatic N) is 1. The van der Waals surface area contributed by atoms with E-state index in [1.807, 2.05) is 39.0 Å². The number of hydrogen-bond donors (Lipinski definition) is 2. The van der Waals surface area contributed by atoms with Gasteiger partial charge in [-0.3, -0.25) is 4.98 Å². The van der Waals surface area contributed by atoms with Crippen LogP contribution in [0.5, 0.6) is 0 Å². The zero-order valence-corrected chi connectivity index (χ0v) is 14.1. The van der Waals surface area contributed by atoms with Gasteiger partial charge in [0, 0.05) is 23.6 Å². The molecule has 2 rings (SSSR count). The van der Waals surface area contributed by atoms with Crippen molar-refractivity contribution in [1.29, 1.82) is 0 Å². The maximum atomic E-state index is 11.5. The van der Waals surface area contributed by atoms with Crippen molar-refractivity contribution in [3.05, 3.63) is 52.3 Å². The summed E-state index contributed by atoms with van der Waals surface area (Å²) in [4.78, 5) is 4.61. The molecule has 1 heterocycles. The van der Waals surface area contributed by atoms with Gasteiger partial charge in [-0.1, -0.05) is 6.07 Å². The van der Waals surface area contributed by atoms with Crippen LogP contribution in [0.3, 0.4) is 0 Å². The fourth-order valence-electron chi connectivity index (χ4n) is 2.38. The van der Waals surface area contributed by atoms with Crippen LogP contribution < -0.4 is 10.5 Å². The van der Waals surface area contributed by atoms with E-state index in [-0.39, 0.29) is 4.90 Å². The Morgan fingerprint density at radius 2 is 1.77 bits per heavy atom. The summed E-state index contributed by atoms with van der Waals surface area (Å²) >= 11 is 0. The standard InChI is InChI=1S/C16H21N3O2S/c1-10-8-16(22(17,20)21)11(2)7-15(10)18-9-14-6-5-12(3)19-13(14)4/h5-8,18H,9H2,1-4H3,(H2,17,20,21). The molecule has 0 fully saturated rings. The topological polar surface area (TPSA) is 85.1 Å². The van der Waals surface area contributed by atoms with Crippen LogP contribution in [0.4, 0.5) is 5.69 Å². The monoisotopic (exact) mass is 319 g/mol. The van der Waals surface area contributed by atoms with Crippen LogP contribution in [0.1, 0.15) is 28.1 Å². The maximum absolute atomic E-state index is 11.5. The Hall–Kier alpha value is -1.92. The lowest BCUT2D eigenvalue weighted by atomic mass is 10.1. The summed E-state index contributed by atoms with van der Waals surface area (Å²) in [5, 5.41) is 8.55. The van der Waals surface area contributed by atoms with Gasteiger partial charge in [-0.05, 0) is 62.6 Å².